The van der Waals surface area contributed by atoms with Gasteiger partial charge in [0.1, 0.15) is 0 Å². The third kappa shape index (κ3) is 2.47. The highest BCUT2D eigenvalue weighted by Gasteiger charge is 2.31. The third-order valence-electron chi connectivity index (χ3n) is 3.05. The second-order valence-corrected chi connectivity index (χ2v) is 6.09. The van der Waals surface area contributed by atoms with Crippen molar-refractivity contribution in [3.8, 4) is 0 Å². The van der Waals surface area contributed by atoms with E-state index in [9.17, 15) is 13.5 Å². The molecule has 0 atom stereocenters. The maximum atomic E-state index is 12.4. The zero-order valence-corrected chi connectivity index (χ0v) is 11.0. The molecule has 0 unspecified atom stereocenters. The molecule has 6 nitrogen and oxygen atoms in total. The van der Waals surface area contributed by atoms with Crippen LogP contribution in [0.2, 0.25) is 0 Å². The lowest BCUT2D eigenvalue weighted by Gasteiger charge is -2.28. The molecule has 0 amide bonds. The van der Waals surface area contributed by atoms with E-state index in [0.717, 1.165) is 0 Å². The van der Waals surface area contributed by atoms with Crippen molar-refractivity contribution in [3.63, 3.8) is 0 Å². The van der Waals surface area contributed by atoms with Crippen LogP contribution in [0.5, 0.6) is 0 Å². The second kappa shape index (κ2) is 5.21. The van der Waals surface area contributed by atoms with Gasteiger partial charge in [-0.3, -0.25) is 0 Å². The molecule has 18 heavy (non-hydrogen) atoms. The normalized spacial score (nSPS) is 18.8. The van der Waals surface area contributed by atoms with Crippen molar-refractivity contribution in [1.82, 2.24) is 9.29 Å². The fourth-order valence-corrected chi connectivity index (χ4v) is 3.57. The molecule has 1 aliphatic rings. The van der Waals surface area contributed by atoms with Crippen molar-refractivity contribution in [1.29, 1.82) is 0 Å². The van der Waals surface area contributed by atoms with Gasteiger partial charge in [-0.2, -0.15) is 4.31 Å². The molecule has 1 aromatic rings. The van der Waals surface area contributed by atoms with Gasteiger partial charge in [0.05, 0.1) is 11.8 Å². The van der Waals surface area contributed by atoms with Gasteiger partial charge in [0.25, 0.3) is 10.0 Å². The first-order valence-electron chi connectivity index (χ1n) is 5.86. The zero-order valence-electron chi connectivity index (χ0n) is 10.2. The van der Waals surface area contributed by atoms with Crippen molar-refractivity contribution in [2.24, 2.45) is 0 Å². The van der Waals surface area contributed by atoms with E-state index >= 15 is 0 Å². The fraction of sp³-hybridized carbons (Fsp3) is 0.545. The molecule has 2 N–H and O–H groups in total. The Balaban J connectivity index is 2.30. The summed E-state index contributed by atoms with van der Waals surface area (Å²) in [6, 6.07) is 3.36. The van der Waals surface area contributed by atoms with Crippen LogP contribution >= 0.6 is 0 Å². The fourth-order valence-electron chi connectivity index (χ4n) is 1.99. The molecule has 7 heteroatoms. The van der Waals surface area contributed by atoms with Crippen molar-refractivity contribution in [2.45, 2.75) is 24.0 Å². The summed E-state index contributed by atoms with van der Waals surface area (Å²) in [4.78, 5) is 3.96. The van der Waals surface area contributed by atoms with E-state index < -0.39 is 16.1 Å². The van der Waals surface area contributed by atoms with E-state index in [1.165, 1.54) is 10.5 Å². The molecule has 0 aliphatic carbocycles. The summed E-state index contributed by atoms with van der Waals surface area (Å²) in [5, 5.41) is 12.3. The van der Waals surface area contributed by atoms with Gasteiger partial charge in [-0.1, -0.05) is 0 Å². The summed E-state index contributed by atoms with van der Waals surface area (Å²) < 4.78 is 26.2. The molecule has 0 saturated carbocycles. The Morgan fingerprint density at radius 3 is 2.72 bits per heavy atom. The van der Waals surface area contributed by atoms with Gasteiger partial charge in [-0.15, -0.1) is 0 Å². The lowest BCUT2D eigenvalue weighted by Crippen LogP contribution is -2.40. The van der Waals surface area contributed by atoms with Crippen LogP contribution in [0.1, 0.15) is 12.8 Å². The average Bonchev–Trinajstić information content (AvgIpc) is 2.39. The molecule has 0 radical (unpaired) electrons. The van der Waals surface area contributed by atoms with Crippen LogP contribution in [0, 0.1) is 0 Å². The second-order valence-electron chi connectivity index (χ2n) is 4.24. The Morgan fingerprint density at radius 2 is 2.11 bits per heavy atom. The highest BCUT2D eigenvalue weighted by Crippen LogP contribution is 2.24. The van der Waals surface area contributed by atoms with E-state index in [1.54, 1.807) is 19.2 Å². The molecule has 100 valence electrons. The van der Waals surface area contributed by atoms with Gasteiger partial charge in [-0.05, 0) is 25.0 Å². The van der Waals surface area contributed by atoms with Crippen molar-refractivity contribution >= 4 is 15.7 Å². The summed E-state index contributed by atoms with van der Waals surface area (Å²) in [7, 11) is -1.92. The first kappa shape index (κ1) is 13.3. The number of nitrogens with one attached hydrogen (secondary N) is 1. The van der Waals surface area contributed by atoms with Crippen LogP contribution in [0.25, 0.3) is 0 Å². The number of aliphatic hydroxyl groups is 1. The Labute approximate surface area is 107 Å². The average molecular weight is 271 g/mol. The Kier molecular flexibility index (Phi) is 3.84. The van der Waals surface area contributed by atoms with Crippen LogP contribution in [-0.2, 0) is 10.0 Å². The molecule has 2 heterocycles. The Hall–Kier alpha value is -1.18. The molecular formula is C11H17N3O3S. The Morgan fingerprint density at radius 1 is 1.44 bits per heavy atom. The maximum absolute atomic E-state index is 12.4. The number of pyridine rings is 1. The van der Waals surface area contributed by atoms with Crippen molar-refractivity contribution in [2.75, 3.05) is 25.5 Å². The largest absolute Gasteiger partial charge is 0.393 e. The van der Waals surface area contributed by atoms with E-state index in [4.69, 9.17) is 0 Å². The van der Waals surface area contributed by atoms with Gasteiger partial charge in [0.15, 0.2) is 5.03 Å². The minimum Gasteiger partial charge on any atom is -0.393 e. The molecule has 0 aromatic carbocycles. The molecule has 0 bridgehead atoms. The summed E-state index contributed by atoms with van der Waals surface area (Å²) >= 11 is 0. The SMILES string of the molecule is CNc1cccnc1S(=O)(=O)N1CCC(O)CC1. The van der Waals surface area contributed by atoms with Crippen LogP contribution in [0.15, 0.2) is 23.4 Å². The molecular weight excluding hydrogens is 254 g/mol. The smallest absolute Gasteiger partial charge is 0.262 e. The van der Waals surface area contributed by atoms with Gasteiger partial charge < -0.3 is 10.4 Å². The summed E-state index contributed by atoms with van der Waals surface area (Å²) in [5.74, 6) is 0. The molecule has 1 fully saturated rings. The van der Waals surface area contributed by atoms with Gasteiger partial charge >= 0.3 is 0 Å². The van der Waals surface area contributed by atoms with E-state index in [0.29, 0.717) is 31.6 Å². The zero-order chi connectivity index (χ0) is 13.2. The summed E-state index contributed by atoms with van der Waals surface area (Å²) in [6.07, 6.45) is 2.01. The quantitative estimate of drug-likeness (QED) is 0.824. The third-order valence-corrected chi connectivity index (χ3v) is 4.91. The molecule has 2 rings (SSSR count). The molecule has 0 spiro atoms. The number of hydrogen-bond acceptors (Lipinski definition) is 5. The van der Waals surface area contributed by atoms with Crippen LogP contribution in [0.4, 0.5) is 5.69 Å². The van der Waals surface area contributed by atoms with Gasteiger partial charge in [-0.25, -0.2) is 13.4 Å². The highest BCUT2D eigenvalue weighted by molar-refractivity contribution is 7.89. The lowest BCUT2D eigenvalue weighted by atomic mass is 10.1. The minimum atomic E-state index is -3.58. The lowest BCUT2D eigenvalue weighted by molar-refractivity contribution is 0.113. The number of sulfonamides is 1. The van der Waals surface area contributed by atoms with Crippen LogP contribution < -0.4 is 5.32 Å². The molecule has 1 aliphatic heterocycles. The van der Waals surface area contributed by atoms with Crippen LogP contribution in [-0.4, -0.2) is 49.1 Å². The summed E-state index contributed by atoms with van der Waals surface area (Å²) in [6.45, 7) is 0.673. The number of rotatable bonds is 3. The molecule has 1 aromatic heterocycles. The topological polar surface area (TPSA) is 82.5 Å². The summed E-state index contributed by atoms with van der Waals surface area (Å²) in [5.41, 5.74) is 0.489. The van der Waals surface area contributed by atoms with E-state index in [-0.39, 0.29) is 5.03 Å². The predicted molar refractivity (Wildman–Crippen MR) is 67.8 cm³/mol. The van der Waals surface area contributed by atoms with Gasteiger partial charge in [0, 0.05) is 26.3 Å². The minimum absolute atomic E-state index is 0.0453. The van der Waals surface area contributed by atoms with Crippen molar-refractivity contribution < 1.29 is 13.5 Å². The highest BCUT2D eigenvalue weighted by atomic mass is 32.2. The standard InChI is InChI=1S/C11H17N3O3S/c1-12-10-3-2-6-13-11(10)18(16,17)14-7-4-9(15)5-8-14/h2-3,6,9,12,15H,4-5,7-8H2,1H3. The number of piperidine rings is 1. The number of hydrogen-bond donors (Lipinski definition) is 2. The van der Waals surface area contributed by atoms with Crippen molar-refractivity contribution in [3.05, 3.63) is 18.3 Å². The monoisotopic (exact) mass is 271 g/mol. The number of anilines is 1. The van der Waals surface area contributed by atoms with E-state index in [2.05, 4.69) is 10.3 Å². The molecule has 1 saturated heterocycles. The number of aliphatic hydroxyl groups excluding tert-OH is 1. The van der Waals surface area contributed by atoms with Crippen LogP contribution in [0.3, 0.4) is 0 Å². The van der Waals surface area contributed by atoms with Gasteiger partial charge in [0.2, 0.25) is 0 Å². The number of aromatic nitrogens is 1. The maximum Gasteiger partial charge on any atom is 0.262 e. The van der Waals surface area contributed by atoms with E-state index in [1.807, 2.05) is 0 Å². The first-order valence-corrected chi connectivity index (χ1v) is 7.30. The predicted octanol–water partition coefficient (Wildman–Crippen LogP) is 0.269. The first-order chi connectivity index (χ1) is 8.55. The number of nitrogens with zero attached hydrogens (tertiary/aromatic N) is 2. The Bertz CT molecular complexity index is 510.